The molecule has 0 aliphatic carbocycles. The first-order valence-electron chi connectivity index (χ1n) is 9.13. The number of aliphatic hydroxyl groups is 1. The minimum absolute atomic E-state index is 0.0349. The Morgan fingerprint density at radius 2 is 1.86 bits per heavy atom. The molecule has 2 heterocycles. The average Bonchev–Trinajstić information content (AvgIpc) is 3.11. The minimum Gasteiger partial charge on any atom is -0.461 e. The molecule has 4 rings (SSSR count). The van der Waals surface area contributed by atoms with E-state index in [9.17, 15) is 9.90 Å². The Balaban J connectivity index is 1.58. The molecular formula is C21H21N3O3S. The third-order valence-electron chi connectivity index (χ3n) is 4.51. The summed E-state index contributed by atoms with van der Waals surface area (Å²) in [7, 11) is 0. The number of benzene rings is 2. The summed E-state index contributed by atoms with van der Waals surface area (Å²) < 4.78 is 7.19. The highest BCUT2D eigenvalue weighted by Gasteiger charge is 2.36. The topological polar surface area (TPSA) is 77.2 Å². The van der Waals surface area contributed by atoms with Crippen molar-refractivity contribution < 1.29 is 14.6 Å². The fraction of sp³-hybridized carbons (Fsp3) is 0.286. The van der Waals surface area contributed by atoms with Crippen molar-refractivity contribution >= 4 is 17.7 Å². The van der Waals surface area contributed by atoms with Crippen LogP contribution in [0.4, 0.5) is 0 Å². The first-order valence-corrected chi connectivity index (χ1v) is 10.1. The number of nitrogens with zero attached hydrogens (tertiary/aromatic N) is 3. The summed E-state index contributed by atoms with van der Waals surface area (Å²) in [6, 6.07) is 19.7. The highest BCUT2D eigenvalue weighted by molar-refractivity contribution is 7.99. The van der Waals surface area contributed by atoms with E-state index in [0.29, 0.717) is 17.3 Å². The van der Waals surface area contributed by atoms with E-state index in [2.05, 4.69) is 5.10 Å². The number of rotatable bonds is 5. The number of aromatic nitrogens is 3. The van der Waals surface area contributed by atoms with Crippen LogP contribution in [-0.2, 0) is 9.53 Å². The lowest BCUT2D eigenvalue weighted by molar-refractivity contribution is -0.165. The van der Waals surface area contributed by atoms with Crippen LogP contribution in [0.3, 0.4) is 0 Å². The van der Waals surface area contributed by atoms with Crippen LogP contribution in [0, 0.1) is 0 Å². The Morgan fingerprint density at radius 3 is 2.54 bits per heavy atom. The summed E-state index contributed by atoms with van der Waals surface area (Å²) in [5.41, 5.74) is 0.873. The zero-order valence-corrected chi connectivity index (χ0v) is 16.3. The summed E-state index contributed by atoms with van der Waals surface area (Å²) in [4.78, 5) is 16.4. The third kappa shape index (κ3) is 4.26. The van der Waals surface area contributed by atoms with Crippen molar-refractivity contribution in [3.8, 4) is 17.1 Å². The lowest BCUT2D eigenvalue weighted by atomic mass is 9.93. The maximum atomic E-state index is 11.7. The normalized spacial score (nSPS) is 22.1. The van der Waals surface area contributed by atoms with Gasteiger partial charge in [0.05, 0.1) is 17.7 Å². The molecule has 1 aromatic heterocycles. The molecule has 0 radical (unpaired) electrons. The zero-order valence-electron chi connectivity index (χ0n) is 15.5. The fourth-order valence-corrected chi connectivity index (χ4v) is 4.09. The predicted octanol–water partition coefficient (Wildman–Crippen LogP) is 3.48. The van der Waals surface area contributed by atoms with Gasteiger partial charge in [-0.15, -0.1) is 5.10 Å². The van der Waals surface area contributed by atoms with Gasteiger partial charge in [0.25, 0.3) is 0 Å². The number of hydrogen-bond donors (Lipinski definition) is 1. The van der Waals surface area contributed by atoms with E-state index in [1.54, 1.807) is 6.92 Å². The van der Waals surface area contributed by atoms with E-state index in [-0.39, 0.29) is 18.5 Å². The van der Waals surface area contributed by atoms with Crippen LogP contribution in [0.25, 0.3) is 17.1 Å². The van der Waals surface area contributed by atoms with Crippen LogP contribution < -0.4 is 0 Å². The molecule has 6 nitrogen and oxygen atoms in total. The Bertz CT molecular complexity index is 901. The highest BCUT2D eigenvalue weighted by atomic mass is 32.2. The van der Waals surface area contributed by atoms with Crippen molar-refractivity contribution in [2.45, 2.75) is 36.6 Å². The summed E-state index contributed by atoms with van der Waals surface area (Å²) in [5, 5.41) is 15.5. The van der Waals surface area contributed by atoms with E-state index in [1.807, 2.05) is 65.3 Å². The van der Waals surface area contributed by atoms with Gasteiger partial charge in [0, 0.05) is 17.7 Å². The number of ether oxygens (including phenoxy) is 1. The van der Waals surface area contributed by atoms with Crippen molar-refractivity contribution in [1.82, 2.24) is 14.8 Å². The molecule has 0 saturated carbocycles. The molecule has 0 amide bonds. The molecule has 28 heavy (non-hydrogen) atoms. The van der Waals surface area contributed by atoms with E-state index in [1.165, 1.54) is 11.8 Å². The van der Waals surface area contributed by atoms with Gasteiger partial charge in [-0.05, 0) is 19.1 Å². The largest absolute Gasteiger partial charge is 0.461 e. The number of carbonyl (C=O) groups is 1. The van der Waals surface area contributed by atoms with E-state index in [0.717, 1.165) is 17.1 Å². The standard InChI is InChI=1S/C21H21N3O3S/c1-21(26)12-17(27-18(25)13-21)14-28-20-22-19(15-8-4-2-5-9-15)24(23-20)16-10-6-3-7-11-16/h2-11,17,26H,12-14H2,1H3/t17-,21-/m0/s1. The molecule has 0 unspecified atom stereocenters. The quantitative estimate of drug-likeness (QED) is 0.526. The summed E-state index contributed by atoms with van der Waals surface area (Å²) in [5.74, 6) is 0.881. The SMILES string of the molecule is C[C@@]1(O)CC(=O)O[C@H](CSc2nc(-c3ccccc3)n(-c3ccccc3)n2)C1. The van der Waals surface area contributed by atoms with Crippen molar-refractivity contribution in [2.75, 3.05) is 5.75 Å². The molecule has 1 N–H and O–H groups in total. The maximum Gasteiger partial charge on any atom is 0.309 e. The molecule has 1 aliphatic heterocycles. The number of cyclic esters (lactones) is 1. The van der Waals surface area contributed by atoms with Crippen LogP contribution in [-0.4, -0.2) is 43.3 Å². The first-order chi connectivity index (χ1) is 13.5. The second kappa shape index (κ2) is 7.77. The molecule has 7 heteroatoms. The Hall–Kier alpha value is -2.64. The molecule has 144 valence electrons. The van der Waals surface area contributed by atoms with Crippen LogP contribution in [0.15, 0.2) is 65.8 Å². The predicted molar refractivity (Wildman–Crippen MR) is 107 cm³/mol. The van der Waals surface area contributed by atoms with Crippen LogP contribution in [0.1, 0.15) is 19.8 Å². The number of carbonyl (C=O) groups excluding carboxylic acids is 1. The van der Waals surface area contributed by atoms with E-state index in [4.69, 9.17) is 9.72 Å². The van der Waals surface area contributed by atoms with Crippen LogP contribution in [0.5, 0.6) is 0 Å². The van der Waals surface area contributed by atoms with Gasteiger partial charge in [-0.25, -0.2) is 9.67 Å². The summed E-state index contributed by atoms with van der Waals surface area (Å²) in [6.07, 6.45) is 0.0919. The van der Waals surface area contributed by atoms with Gasteiger partial charge in [-0.3, -0.25) is 4.79 Å². The van der Waals surface area contributed by atoms with Crippen molar-refractivity contribution in [1.29, 1.82) is 0 Å². The van der Waals surface area contributed by atoms with Gasteiger partial charge in [0.15, 0.2) is 5.82 Å². The molecule has 3 aromatic rings. The third-order valence-corrected chi connectivity index (χ3v) is 5.48. The second-order valence-electron chi connectivity index (χ2n) is 7.13. The number of thioether (sulfide) groups is 1. The first kappa shape index (κ1) is 18.7. The number of hydrogen-bond acceptors (Lipinski definition) is 6. The van der Waals surface area contributed by atoms with Gasteiger partial charge in [-0.1, -0.05) is 60.3 Å². The zero-order chi connectivity index (χ0) is 19.6. The Kier molecular flexibility index (Phi) is 5.19. The maximum absolute atomic E-state index is 11.7. The van der Waals surface area contributed by atoms with Crippen LogP contribution in [0.2, 0.25) is 0 Å². The molecule has 0 spiro atoms. The molecule has 2 atom stereocenters. The number of para-hydroxylation sites is 1. The molecule has 1 fully saturated rings. The molecule has 0 bridgehead atoms. The summed E-state index contributed by atoms with van der Waals surface area (Å²) >= 11 is 1.42. The lowest BCUT2D eigenvalue weighted by Gasteiger charge is -2.32. The number of esters is 1. The second-order valence-corrected chi connectivity index (χ2v) is 8.12. The van der Waals surface area contributed by atoms with Gasteiger partial charge in [-0.2, -0.15) is 0 Å². The average molecular weight is 395 g/mol. The van der Waals surface area contributed by atoms with Gasteiger partial charge < -0.3 is 9.84 Å². The highest BCUT2D eigenvalue weighted by Crippen LogP contribution is 2.30. The summed E-state index contributed by atoms with van der Waals surface area (Å²) in [6.45, 7) is 1.67. The molecular weight excluding hydrogens is 374 g/mol. The minimum atomic E-state index is -1.02. The van der Waals surface area contributed by atoms with Crippen molar-refractivity contribution in [3.05, 3.63) is 60.7 Å². The molecule has 2 aromatic carbocycles. The van der Waals surface area contributed by atoms with Crippen molar-refractivity contribution in [3.63, 3.8) is 0 Å². The molecule has 1 saturated heterocycles. The monoisotopic (exact) mass is 395 g/mol. The van der Waals surface area contributed by atoms with E-state index < -0.39 is 5.60 Å². The Morgan fingerprint density at radius 1 is 1.18 bits per heavy atom. The van der Waals surface area contributed by atoms with Crippen LogP contribution >= 0.6 is 11.8 Å². The van der Waals surface area contributed by atoms with E-state index >= 15 is 0 Å². The van der Waals surface area contributed by atoms with Crippen molar-refractivity contribution in [2.24, 2.45) is 0 Å². The lowest BCUT2D eigenvalue weighted by Crippen LogP contribution is -2.41. The fourth-order valence-electron chi connectivity index (χ4n) is 3.28. The molecule has 1 aliphatic rings. The smallest absolute Gasteiger partial charge is 0.309 e. The Labute approximate surface area is 167 Å². The van der Waals surface area contributed by atoms with Gasteiger partial charge >= 0.3 is 5.97 Å². The van der Waals surface area contributed by atoms with Gasteiger partial charge in [0.1, 0.15) is 6.10 Å². The van der Waals surface area contributed by atoms with Gasteiger partial charge in [0.2, 0.25) is 5.16 Å².